The number of fused-ring (bicyclic) bond motifs is 1. The number of nitrogens with one attached hydrogen (secondary N) is 1. The van der Waals surface area contributed by atoms with Gasteiger partial charge in [0, 0.05) is 32.0 Å². The van der Waals surface area contributed by atoms with E-state index in [1.54, 1.807) is 29.1 Å². The van der Waals surface area contributed by atoms with Gasteiger partial charge in [0.2, 0.25) is 6.79 Å². The average Bonchev–Trinajstić information content (AvgIpc) is 3.13. The number of hydrogen-bond donors (Lipinski definition) is 1. The molecule has 0 atom stereocenters. The van der Waals surface area contributed by atoms with E-state index in [-0.39, 0.29) is 12.8 Å². The van der Waals surface area contributed by atoms with Crippen molar-refractivity contribution in [1.82, 2.24) is 15.2 Å². The van der Waals surface area contributed by atoms with E-state index in [1.807, 2.05) is 30.3 Å². The van der Waals surface area contributed by atoms with E-state index in [2.05, 4.69) is 16.6 Å². The monoisotopic (exact) mass is 373 g/mol. The Labute approximate surface area is 157 Å². The number of urea groups is 1. The van der Waals surface area contributed by atoms with E-state index >= 15 is 0 Å². The minimum absolute atomic E-state index is 0.0763. The van der Waals surface area contributed by atoms with Crippen molar-refractivity contribution in [2.75, 3.05) is 25.3 Å². The summed E-state index contributed by atoms with van der Waals surface area (Å²) in [4.78, 5) is 18.6. The molecular formula is C19H23N3O3S. The Morgan fingerprint density at radius 1 is 1.23 bits per heavy atom. The van der Waals surface area contributed by atoms with Crippen LogP contribution in [0.4, 0.5) is 4.79 Å². The number of amides is 2. The summed E-state index contributed by atoms with van der Waals surface area (Å²) in [5.41, 5.74) is 1.99. The number of benzene rings is 1. The second-order valence-electron chi connectivity index (χ2n) is 5.98. The Morgan fingerprint density at radius 3 is 2.88 bits per heavy atom. The number of hydrogen-bond acceptors (Lipinski definition) is 5. The van der Waals surface area contributed by atoms with E-state index in [0.717, 1.165) is 34.8 Å². The van der Waals surface area contributed by atoms with Crippen molar-refractivity contribution in [3.8, 4) is 11.5 Å². The van der Waals surface area contributed by atoms with Gasteiger partial charge < -0.3 is 19.7 Å². The fraction of sp³-hybridized carbons (Fsp3) is 0.368. The molecule has 0 saturated carbocycles. The van der Waals surface area contributed by atoms with Crippen LogP contribution in [0.1, 0.15) is 17.5 Å². The van der Waals surface area contributed by atoms with Crippen LogP contribution < -0.4 is 14.8 Å². The van der Waals surface area contributed by atoms with Crippen LogP contribution in [-0.4, -0.2) is 41.3 Å². The van der Waals surface area contributed by atoms with Crippen LogP contribution in [0.2, 0.25) is 0 Å². The third kappa shape index (κ3) is 5.05. The maximum atomic E-state index is 12.7. The van der Waals surface area contributed by atoms with Crippen LogP contribution in [0.3, 0.4) is 0 Å². The van der Waals surface area contributed by atoms with Gasteiger partial charge in [0.1, 0.15) is 0 Å². The standard InChI is InChI=1S/C19H23N3O3S/c1-26-9-3-8-21-19(23)22(13-16-4-2-7-20-11-16)12-15-5-6-17-18(10-15)25-14-24-17/h2,4-7,10-11H,3,8-9,12-14H2,1H3,(H,21,23). The van der Waals surface area contributed by atoms with Crippen LogP contribution in [-0.2, 0) is 13.1 Å². The lowest BCUT2D eigenvalue weighted by atomic mass is 10.1. The molecule has 1 aliphatic heterocycles. The summed E-state index contributed by atoms with van der Waals surface area (Å²) in [5, 5.41) is 3.01. The summed E-state index contributed by atoms with van der Waals surface area (Å²) in [7, 11) is 0. The summed E-state index contributed by atoms with van der Waals surface area (Å²) >= 11 is 1.78. The first-order chi connectivity index (χ1) is 12.8. The topological polar surface area (TPSA) is 63.7 Å². The lowest BCUT2D eigenvalue weighted by Gasteiger charge is -2.23. The quantitative estimate of drug-likeness (QED) is 0.720. The van der Waals surface area contributed by atoms with Gasteiger partial charge in [-0.3, -0.25) is 4.98 Å². The van der Waals surface area contributed by atoms with Crippen molar-refractivity contribution < 1.29 is 14.3 Å². The van der Waals surface area contributed by atoms with Crippen molar-refractivity contribution >= 4 is 17.8 Å². The van der Waals surface area contributed by atoms with Crippen molar-refractivity contribution in [1.29, 1.82) is 0 Å². The van der Waals surface area contributed by atoms with Crippen molar-refractivity contribution in [2.45, 2.75) is 19.5 Å². The summed E-state index contributed by atoms with van der Waals surface area (Å²) in [6, 6.07) is 9.55. The molecule has 1 aromatic carbocycles. The van der Waals surface area contributed by atoms with Gasteiger partial charge in [0.25, 0.3) is 0 Å². The molecule has 1 N–H and O–H groups in total. The third-order valence-electron chi connectivity index (χ3n) is 4.00. The summed E-state index contributed by atoms with van der Waals surface area (Å²) < 4.78 is 10.8. The summed E-state index contributed by atoms with van der Waals surface area (Å²) in [5.74, 6) is 2.50. The fourth-order valence-corrected chi connectivity index (χ4v) is 3.13. The van der Waals surface area contributed by atoms with Crippen LogP contribution in [0.15, 0.2) is 42.7 Å². The number of rotatable bonds is 8. The van der Waals surface area contributed by atoms with E-state index in [1.165, 1.54) is 0 Å². The Morgan fingerprint density at radius 2 is 2.08 bits per heavy atom. The van der Waals surface area contributed by atoms with Gasteiger partial charge in [-0.25, -0.2) is 4.79 Å². The zero-order valence-electron chi connectivity index (χ0n) is 14.8. The second-order valence-corrected chi connectivity index (χ2v) is 6.97. The SMILES string of the molecule is CSCCCNC(=O)N(Cc1cccnc1)Cc1ccc2c(c1)OCO2. The van der Waals surface area contributed by atoms with E-state index < -0.39 is 0 Å². The highest BCUT2D eigenvalue weighted by atomic mass is 32.2. The van der Waals surface area contributed by atoms with Gasteiger partial charge >= 0.3 is 6.03 Å². The molecule has 1 aliphatic rings. The largest absolute Gasteiger partial charge is 0.454 e. The first-order valence-electron chi connectivity index (χ1n) is 8.55. The molecule has 138 valence electrons. The molecule has 2 aromatic rings. The van der Waals surface area contributed by atoms with Crippen molar-refractivity contribution in [3.63, 3.8) is 0 Å². The second kappa shape index (κ2) is 9.33. The van der Waals surface area contributed by atoms with Gasteiger partial charge in [0.05, 0.1) is 0 Å². The molecule has 0 spiro atoms. The lowest BCUT2D eigenvalue weighted by Crippen LogP contribution is -2.39. The van der Waals surface area contributed by atoms with Crippen LogP contribution in [0.5, 0.6) is 11.5 Å². The number of aromatic nitrogens is 1. The molecule has 0 unspecified atom stereocenters. The van der Waals surface area contributed by atoms with Gasteiger partial charge in [-0.15, -0.1) is 0 Å². The maximum Gasteiger partial charge on any atom is 0.318 e. The number of carbonyl (C=O) groups is 1. The Bertz CT molecular complexity index is 727. The predicted octanol–water partition coefficient (Wildman–Crippen LogP) is 3.28. The zero-order valence-corrected chi connectivity index (χ0v) is 15.6. The smallest absolute Gasteiger partial charge is 0.318 e. The summed E-state index contributed by atoms with van der Waals surface area (Å²) in [6.07, 6.45) is 6.54. The average molecular weight is 373 g/mol. The highest BCUT2D eigenvalue weighted by Gasteiger charge is 2.18. The fourth-order valence-electron chi connectivity index (χ4n) is 2.69. The van der Waals surface area contributed by atoms with E-state index in [0.29, 0.717) is 19.6 Å². The Kier molecular flexibility index (Phi) is 6.60. The molecule has 0 aliphatic carbocycles. The third-order valence-corrected chi connectivity index (χ3v) is 4.69. The van der Waals surface area contributed by atoms with E-state index in [4.69, 9.17) is 9.47 Å². The van der Waals surface area contributed by atoms with Gasteiger partial charge in [-0.1, -0.05) is 12.1 Å². The Hall–Kier alpha value is -2.41. The number of ether oxygens (including phenoxy) is 2. The van der Waals surface area contributed by atoms with E-state index in [9.17, 15) is 4.79 Å². The zero-order chi connectivity index (χ0) is 18.2. The molecule has 0 radical (unpaired) electrons. The van der Waals surface area contributed by atoms with Crippen LogP contribution in [0, 0.1) is 0 Å². The number of pyridine rings is 1. The number of nitrogens with zero attached hydrogens (tertiary/aromatic N) is 2. The molecule has 0 saturated heterocycles. The van der Waals surface area contributed by atoms with Gasteiger partial charge in [-0.2, -0.15) is 11.8 Å². The first-order valence-corrected chi connectivity index (χ1v) is 9.95. The molecule has 2 heterocycles. The van der Waals surface area contributed by atoms with Crippen LogP contribution in [0.25, 0.3) is 0 Å². The molecule has 0 bridgehead atoms. The molecule has 26 heavy (non-hydrogen) atoms. The van der Waals surface area contributed by atoms with Gasteiger partial charge in [0.15, 0.2) is 11.5 Å². The number of carbonyl (C=O) groups excluding carboxylic acids is 1. The van der Waals surface area contributed by atoms with Gasteiger partial charge in [-0.05, 0) is 47.8 Å². The molecule has 0 fully saturated rings. The van der Waals surface area contributed by atoms with Crippen molar-refractivity contribution in [3.05, 3.63) is 53.9 Å². The minimum Gasteiger partial charge on any atom is -0.454 e. The first kappa shape index (κ1) is 18.4. The predicted molar refractivity (Wildman–Crippen MR) is 102 cm³/mol. The maximum absolute atomic E-state index is 12.7. The Balaban J connectivity index is 1.68. The highest BCUT2D eigenvalue weighted by molar-refractivity contribution is 7.98. The van der Waals surface area contributed by atoms with Crippen molar-refractivity contribution in [2.24, 2.45) is 0 Å². The normalized spacial score (nSPS) is 12.0. The highest BCUT2D eigenvalue weighted by Crippen LogP contribution is 2.32. The molecule has 1 aromatic heterocycles. The molecule has 3 rings (SSSR count). The van der Waals surface area contributed by atoms with Crippen LogP contribution >= 0.6 is 11.8 Å². The molecule has 7 heteroatoms. The molecular weight excluding hydrogens is 350 g/mol. The number of thioether (sulfide) groups is 1. The summed E-state index contributed by atoms with van der Waals surface area (Å²) in [6.45, 7) is 1.90. The lowest BCUT2D eigenvalue weighted by molar-refractivity contribution is 0.173. The minimum atomic E-state index is -0.0763. The molecule has 6 nitrogen and oxygen atoms in total. The molecule has 2 amide bonds.